The molecule has 0 unspecified atom stereocenters. The van der Waals surface area contributed by atoms with Crippen LogP contribution in [0.1, 0.15) is 22.8 Å². The van der Waals surface area contributed by atoms with E-state index in [1.54, 1.807) is 12.1 Å². The molecule has 0 saturated carbocycles. The largest absolute Gasteiger partial charge is 0.508 e. The zero-order valence-corrected chi connectivity index (χ0v) is 12.1. The number of benzene rings is 2. The monoisotopic (exact) mass is 287 g/mol. The molecule has 21 heavy (non-hydrogen) atoms. The van der Waals surface area contributed by atoms with E-state index in [9.17, 15) is 10.2 Å². The first-order valence-electron chi connectivity index (χ1n) is 6.93. The fraction of sp³-hybridized carbons (Fsp3) is 0.294. The van der Waals surface area contributed by atoms with E-state index in [1.807, 2.05) is 42.3 Å². The molecule has 112 valence electrons. The highest BCUT2D eigenvalue weighted by Gasteiger charge is 2.13. The Balaban J connectivity index is 1.99. The Hall–Kier alpha value is -1.88. The second kappa shape index (κ2) is 7.22. The summed E-state index contributed by atoms with van der Waals surface area (Å²) in [6.45, 7) is 0.986. The first kappa shape index (κ1) is 15.5. The van der Waals surface area contributed by atoms with Gasteiger partial charge in [-0.1, -0.05) is 36.4 Å². The summed E-state index contributed by atoms with van der Waals surface area (Å²) >= 11 is 0. The van der Waals surface area contributed by atoms with Crippen LogP contribution in [0.15, 0.2) is 48.5 Å². The summed E-state index contributed by atoms with van der Waals surface area (Å²) in [6, 6.07) is 14.9. The zero-order chi connectivity index (χ0) is 15.2. The van der Waals surface area contributed by atoms with Gasteiger partial charge >= 0.3 is 0 Å². The Morgan fingerprint density at radius 3 is 2.48 bits per heavy atom. The fourth-order valence-electron chi connectivity index (χ4n) is 2.30. The van der Waals surface area contributed by atoms with Gasteiger partial charge in [-0.15, -0.1) is 0 Å². The molecule has 4 nitrogen and oxygen atoms in total. The Kier molecular flexibility index (Phi) is 5.33. The molecule has 2 aromatic rings. The minimum absolute atomic E-state index is 0.0473. The lowest BCUT2D eigenvalue weighted by Crippen LogP contribution is -2.24. The van der Waals surface area contributed by atoms with Gasteiger partial charge in [-0.05, 0) is 30.3 Å². The van der Waals surface area contributed by atoms with E-state index in [0.29, 0.717) is 17.7 Å². The number of nitrogens with zero attached hydrogens (tertiary/aromatic N) is 1. The first-order chi connectivity index (χ1) is 10.1. The zero-order valence-electron chi connectivity index (χ0n) is 12.1. The van der Waals surface area contributed by atoms with Crippen molar-refractivity contribution >= 4 is 0 Å². The SMILES string of the molecule is CN(Cc1ccccc1)C[C@H](O)c1ccc(O)c(CO)c1. The van der Waals surface area contributed by atoms with Gasteiger partial charge in [0.2, 0.25) is 0 Å². The Bertz CT molecular complexity index is 572. The van der Waals surface area contributed by atoms with E-state index in [-0.39, 0.29) is 12.4 Å². The number of likely N-dealkylation sites (N-methyl/N-ethyl adjacent to an activating group) is 1. The summed E-state index contributed by atoms with van der Waals surface area (Å²) in [4.78, 5) is 2.03. The molecular formula is C17H21NO3. The van der Waals surface area contributed by atoms with Crippen molar-refractivity contribution in [1.29, 1.82) is 0 Å². The summed E-state index contributed by atoms with van der Waals surface area (Å²) in [6.07, 6.45) is -0.662. The number of hydrogen-bond acceptors (Lipinski definition) is 4. The minimum atomic E-state index is -0.662. The summed E-state index contributed by atoms with van der Waals surface area (Å²) < 4.78 is 0. The number of rotatable bonds is 6. The van der Waals surface area contributed by atoms with Crippen LogP contribution in [0.3, 0.4) is 0 Å². The Morgan fingerprint density at radius 2 is 1.81 bits per heavy atom. The van der Waals surface area contributed by atoms with Gasteiger partial charge in [-0.3, -0.25) is 4.90 Å². The van der Waals surface area contributed by atoms with Crippen LogP contribution in [0.5, 0.6) is 5.75 Å². The number of hydrogen-bond donors (Lipinski definition) is 3. The smallest absolute Gasteiger partial charge is 0.121 e. The van der Waals surface area contributed by atoms with E-state index in [1.165, 1.54) is 11.6 Å². The van der Waals surface area contributed by atoms with Crippen molar-refractivity contribution in [3.63, 3.8) is 0 Å². The third-order valence-corrected chi connectivity index (χ3v) is 3.44. The minimum Gasteiger partial charge on any atom is -0.508 e. The normalized spacial score (nSPS) is 12.6. The van der Waals surface area contributed by atoms with Crippen molar-refractivity contribution < 1.29 is 15.3 Å². The lowest BCUT2D eigenvalue weighted by molar-refractivity contribution is 0.123. The van der Waals surface area contributed by atoms with Gasteiger partial charge in [0, 0.05) is 18.7 Å². The molecule has 0 saturated heterocycles. The fourth-order valence-corrected chi connectivity index (χ4v) is 2.30. The molecule has 0 aromatic heterocycles. The molecule has 0 spiro atoms. The highest BCUT2D eigenvalue weighted by atomic mass is 16.3. The van der Waals surface area contributed by atoms with Gasteiger partial charge in [-0.2, -0.15) is 0 Å². The van der Waals surface area contributed by atoms with E-state index in [4.69, 9.17) is 5.11 Å². The number of aliphatic hydroxyl groups excluding tert-OH is 2. The van der Waals surface area contributed by atoms with Crippen molar-refractivity contribution in [2.24, 2.45) is 0 Å². The third kappa shape index (κ3) is 4.29. The van der Waals surface area contributed by atoms with Gasteiger partial charge in [0.05, 0.1) is 12.7 Å². The van der Waals surface area contributed by atoms with Crippen molar-refractivity contribution in [2.75, 3.05) is 13.6 Å². The molecule has 0 heterocycles. The molecule has 1 atom stereocenters. The molecule has 0 aliphatic carbocycles. The standard InChI is InChI=1S/C17H21NO3/c1-18(10-13-5-3-2-4-6-13)11-17(21)14-7-8-16(20)15(9-14)12-19/h2-9,17,19-21H,10-12H2,1H3/t17-/m0/s1. The Morgan fingerprint density at radius 1 is 1.10 bits per heavy atom. The van der Waals surface area contributed by atoms with Crippen molar-refractivity contribution in [3.8, 4) is 5.75 Å². The maximum Gasteiger partial charge on any atom is 0.121 e. The molecule has 0 aliphatic rings. The predicted molar refractivity (Wildman–Crippen MR) is 81.8 cm³/mol. The average Bonchev–Trinajstić information content (AvgIpc) is 2.48. The third-order valence-electron chi connectivity index (χ3n) is 3.44. The first-order valence-corrected chi connectivity index (χ1v) is 6.93. The van der Waals surface area contributed by atoms with E-state index < -0.39 is 6.10 Å². The number of aliphatic hydroxyl groups is 2. The number of aromatic hydroxyl groups is 1. The van der Waals surface area contributed by atoms with Gasteiger partial charge in [0.15, 0.2) is 0 Å². The molecule has 4 heteroatoms. The molecule has 3 N–H and O–H groups in total. The van der Waals surface area contributed by atoms with E-state index in [0.717, 1.165) is 6.54 Å². The predicted octanol–water partition coefficient (Wildman–Crippen LogP) is 2.05. The van der Waals surface area contributed by atoms with Gasteiger partial charge in [-0.25, -0.2) is 0 Å². The van der Waals surface area contributed by atoms with Crippen LogP contribution in [-0.2, 0) is 13.2 Å². The maximum absolute atomic E-state index is 10.3. The summed E-state index contributed by atoms with van der Waals surface area (Å²) in [5.41, 5.74) is 2.31. The van der Waals surface area contributed by atoms with E-state index >= 15 is 0 Å². The van der Waals surface area contributed by atoms with Gasteiger partial charge in [0.1, 0.15) is 5.75 Å². The van der Waals surface area contributed by atoms with Gasteiger partial charge < -0.3 is 15.3 Å². The summed E-state index contributed by atoms with van der Waals surface area (Å²) in [5.74, 6) is 0.0473. The van der Waals surface area contributed by atoms with Crippen LogP contribution in [0.2, 0.25) is 0 Å². The van der Waals surface area contributed by atoms with Crippen LogP contribution < -0.4 is 0 Å². The summed E-state index contributed by atoms with van der Waals surface area (Å²) in [7, 11) is 1.95. The molecular weight excluding hydrogens is 266 g/mol. The van der Waals surface area contributed by atoms with Crippen LogP contribution in [0.25, 0.3) is 0 Å². The average molecular weight is 287 g/mol. The van der Waals surface area contributed by atoms with Crippen molar-refractivity contribution in [1.82, 2.24) is 4.90 Å². The van der Waals surface area contributed by atoms with Crippen LogP contribution in [0.4, 0.5) is 0 Å². The van der Waals surface area contributed by atoms with Crippen LogP contribution in [0, 0.1) is 0 Å². The molecule has 0 amide bonds. The lowest BCUT2D eigenvalue weighted by atomic mass is 10.0. The van der Waals surface area contributed by atoms with Crippen LogP contribution in [-0.4, -0.2) is 33.8 Å². The second-order valence-electron chi connectivity index (χ2n) is 5.24. The van der Waals surface area contributed by atoms with Crippen LogP contribution >= 0.6 is 0 Å². The molecule has 0 fully saturated rings. The second-order valence-corrected chi connectivity index (χ2v) is 5.24. The molecule has 2 aromatic carbocycles. The molecule has 0 radical (unpaired) electrons. The quantitative estimate of drug-likeness (QED) is 0.761. The summed E-state index contributed by atoms with van der Waals surface area (Å²) in [5, 5.41) is 29.0. The topological polar surface area (TPSA) is 63.9 Å². The number of phenols is 1. The highest BCUT2D eigenvalue weighted by Crippen LogP contribution is 2.23. The highest BCUT2D eigenvalue weighted by molar-refractivity contribution is 5.36. The molecule has 2 rings (SSSR count). The van der Waals surface area contributed by atoms with E-state index in [2.05, 4.69) is 0 Å². The van der Waals surface area contributed by atoms with Crippen molar-refractivity contribution in [2.45, 2.75) is 19.3 Å². The van der Waals surface area contributed by atoms with Crippen molar-refractivity contribution in [3.05, 3.63) is 65.2 Å². The lowest BCUT2D eigenvalue weighted by Gasteiger charge is -2.21. The Labute approximate surface area is 124 Å². The van der Waals surface area contributed by atoms with Gasteiger partial charge in [0.25, 0.3) is 0 Å². The maximum atomic E-state index is 10.3. The molecule has 0 bridgehead atoms. The molecule has 0 aliphatic heterocycles.